The topological polar surface area (TPSA) is 66.9 Å². The Kier molecular flexibility index (Phi) is 4.95. The van der Waals surface area contributed by atoms with E-state index in [0.29, 0.717) is 19.0 Å². The maximum absolute atomic E-state index is 11.8. The molecule has 0 aromatic carbocycles. The van der Waals surface area contributed by atoms with Gasteiger partial charge in [0.25, 0.3) is 0 Å². The van der Waals surface area contributed by atoms with Gasteiger partial charge in [-0.05, 0) is 13.0 Å². The number of aromatic nitrogens is 2. The SMILES string of the molecule is Cc1nccc(CNC(=O)CC2CSCCN2)n1. The molecule has 0 aliphatic carbocycles. The molecule has 6 heteroatoms. The molecule has 1 atom stereocenters. The van der Waals surface area contributed by atoms with Crippen molar-refractivity contribution in [3.8, 4) is 0 Å². The Morgan fingerprint density at radius 3 is 3.28 bits per heavy atom. The zero-order chi connectivity index (χ0) is 12.8. The normalized spacial score (nSPS) is 19.5. The van der Waals surface area contributed by atoms with Gasteiger partial charge in [-0.25, -0.2) is 9.97 Å². The summed E-state index contributed by atoms with van der Waals surface area (Å²) in [6, 6.07) is 2.12. The molecular weight excluding hydrogens is 248 g/mol. The highest BCUT2D eigenvalue weighted by Gasteiger charge is 2.16. The number of amides is 1. The third-order valence-corrected chi connectivity index (χ3v) is 3.86. The van der Waals surface area contributed by atoms with Crippen LogP contribution >= 0.6 is 11.8 Å². The fourth-order valence-electron chi connectivity index (χ4n) is 1.84. The summed E-state index contributed by atoms with van der Waals surface area (Å²) in [5.41, 5.74) is 0.849. The highest BCUT2D eigenvalue weighted by Crippen LogP contribution is 2.10. The Morgan fingerprint density at radius 1 is 1.67 bits per heavy atom. The van der Waals surface area contributed by atoms with E-state index in [0.717, 1.165) is 29.6 Å². The van der Waals surface area contributed by atoms with Crippen LogP contribution in [-0.2, 0) is 11.3 Å². The van der Waals surface area contributed by atoms with Crippen LogP contribution in [-0.4, -0.2) is 40.0 Å². The standard InChI is InChI=1S/C12H18N4OS/c1-9-13-3-2-10(16-9)7-15-12(17)6-11-8-18-5-4-14-11/h2-3,11,14H,4-8H2,1H3,(H,15,17). The maximum atomic E-state index is 11.8. The lowest BCUT2D eigenvalue weighted by molar-refractivity contribution is -0.121. The van der Waals surface area contributed by atoms with E-state index in [-0.39, 0.29) is 5.91 Å². The lowest BCUT2D eigenvalue weighted by Crippen LogP contribution is -2.41. The summed E-state index contributed by atoms with van der Waals surface area (Å²) in [7, 11) is 0. The molecule has 1 aliphatic rings. The van der Waals surface area contributed by atoms with Gasteiger partial charge in [0.1, 0.15) is 5.82 Å². The smallest absolute Gasteiger partial charge is 0.221 e. The summed E-state index contributed by atoms with van der Waals surface area (Å²) in [6.45, 7) is 3.31. The first-order chi connectivity index (χ1) is 8.74. The third kappa shape index (κ3) is 4.27. The summed E-state index contributed by atoms with van der Waals surface area (Å²) >= 11 is 1.90. The van der Waals surface area contributed by atoms with E-state index in [1.54, 1.807) is 6.20 Å². The third-order valence-electron chi connectivity index (χ3n) is 2.73. The van der Waals surface area contributed by atoms with E-state index in [9.17, 15) is 4.79 Å². The van der Waals surface area contributed by atoms with Gasteiger partial charge in [0, 0.05) is 36.7 Å². The monoisotopic (exact) mass is 266 g/mol. The number of nitrogens with one attached hydrogen (secondary N) is 2. The van der Waals surface area contributed by atoms with Gasteiger partial charge in [0.2, 0.25) is 5.91 Å². The van der Waals surface area contributed by atoms with Crippen LogP contribution in [0.3, 0.4) is 0 Å². The molecule has 0 radical (unpaired) electrons. The average molecular weight is 266 g/mol. The fourth-order valence-corrected chi connectivity index (χ4v) is 2.79. The molecule has 1 aromatic heterocycles. The van der Waals surface area contributed by atoms with Crippen molar-refractivity contribution in [1.29, 1.82) is 0 Å². The first kappa shape index (κ1) is 13.3. The summed E-state index contributed by atoms with van der Waals surface area (Å²) in [5.74, 6) is 2.96. The number of aryl methyl sites for hydroxylation is 1. The molecule has 1 aromatic rings. The Balaban J connectivity index is 1.74. The van der Waals surface area contributed by atoms with Gasteiger partial charge in [-0.2, -0.15) is 11.8 Å². The van der Waals surface area contributed by atoms with Crippen molar-refractivity contribution in [3.05, 3.63) is 23.8 Å². The molecule has 0 saturated carbocycles. The number of rotatable bonds is 4. The summed E-state index contributed by atoms with van der Waals surface area (Å²) in [6.07, 6.45) is 2.25. The fraction of sp³-hybridized carbons (Fsp3) is 0.583. The van der Waals surface area contributed by atoms with Crippen LogP contribution < -0.4 is 10.6 Å². The zero-order valence-electron chi connectivity index (χ0n) is 10.5. The molecule has 1 saturated heterocycles. The van der Waals surface area contributed by atoms with Crippen LogP contribution in [0.25, 0.3) is 0 Å². The lowest BCUT2D eigenvalue weighted by atomic mass is 10.2. The molecule has 1 amide bonds. The quantitative estimate of drug-likeness (QED) is 0.830. The lowest BCUT2D eigenvalue weighted by Gasteiger charge is -2.22. The number of hydrogen-bond acceptors (Lipinski definition) is 5. The number of thioether (sulfide) groups is 1. The summed E-state index contributed by atoms with van der Waals surface area (Å²) in [5, 5.41) is 6.24. The van der Waals surface area contributed by atoms with Crippen molar-refractivity contribution < 1.29 is 4.79 Å². The molecule has 1 unspecified atom stereocenters. The molecule has 98 valence electrons. The Labute approximate surface area is 111 Å². The number of carbonyl (C=O) groups excluding carboxylic acids is 1. The first-order valence-electron chi connectivity index (χ1n) is 6.10. The highest BCUT2D eigenvalue weighted by atomic mass is 32.2. The molecule has 18 heavy (non-hydrogen) atoms. The second-order valence-electron chi connectivity index (χ2n) is 4.30. The zero-order valence-corrected chi connectivity index (χ0v) is 11.3. The van der Waals surface area contributed by atoms with Gasteiger partial charge in [0.15, 0.2) is 0 Å². The second-order valence-corrected chi connectivity index (χ2v) is 5.45. The van der Waals surface area contributed by atoms with Gasteiger partial charge in [-0.15, -0.1) is 0 Å². The second kappa shape index (κ2) is 6.70. The van der Waals surface area contributed by atoms with Crippen molar-refractivity contribution in [2.24, 2.45) is 0 Å². The number of nitrogens with zero attached hydrogens (tertiary/aromatic N) is 2. The van der Waals surface area contributed by atoms with E-state index in [1.165, 1.54) is 0 Å². The highest BCUT2D eigenvalue weighted by molar-refractivity contribution is 7.99. The minimum Gasteiger partial charge on any atom is -0.350 e. The molecule has 0 bridgehead atoms. The Morgan fingerprint density at radius 2 is 2.56 bits per heavy atom. The maximum Gasteiger partial charge on any atom is 0.221 e. The molecule has 0 spiro atoms. The molecule has 5 nitrogen and oxygen atoms in total. The minimum absolute atomic E-state index is 0.0752. The summed E-state index contributed by atoms with van der Waals surface area (Å²) < 4.78 is 0. The van der Waals surface area contributed by atoms with Gasteiger partial charge in [0.05, 0.1) is 12.2 Å². The Hall–Kier alpha value is -1.14. The molecule has 2 rings (SSSR count). The molecule has 1 aliphatic heterocycles. The van der Waals surface area contributed by atoms with Crippen LogP contribution in [0.15, 0.2) is 12.3 Å². The van der Waals surface area contributed by atoms with Crippen LogP contribution in [0.2, 0.25) is 0 Å². The van der Waals surface area contributed by atoms with Gasteiger partial charge < -0.3 is 10.6 Å². The average Bonchev–Trinajstić information content (AvgIpc) is 2.38. The van der Waals surface area contributed by atoms with E-state index >= 15 is 0 Å². The van der Waals surface area contributed by atoms with Gasteiger partial charge in [-0.1, -0.05) is 0 Å². The summed E-state index contributed by atoms with van der Waals surface area (Å²) in [4.78, 5) is 20.0. The van der Waals surface area contributed by atoms with E-state index in [1.807, 2.05) is 24.8 Å². The Bertz CT molecular complexity index is 407. The molecule has 1 fully saturated rings. The molecular formula is C12H18N4OS. The van der Waals surface area contributed by atoms with Crippen molar-refractivity contribution in [2.45, 2.75) is 25.9 Å². The number of carbonyl (C=O) groups is 1. The first-order valence-corrected chi connectivity index (χ1v) is 7.26. The van der Waals surface area contributed by atoms with Crippen molar-refractivity contribution >= 4 is 17.7 Å². The van der Waals surface area contributed by atoms with Crippen LogP contribution in [0.5, 0.6) is 0 Å². The van der Waals surface area contributed by atoms with Gasteiger partial charge >= 0.3 is 0 Å². The van der Waals surface area contributed by atoms with Crippen LogP contribution in [0, 0.1) is 6.92 Å². The van der Waals surface area contributed by atoms with Crippen LogP contribution in [0.1, 0.15) is 17.9 Å². The van der Waals surface area contributed by atoms with E-state index in [2.05, 4.69) is 20.6 Å². The predicted octanol–water partition coefficient (Wildman–Crippen LogP) is 0.496. The minimum atomic E-state index is 0.0752. The van der Waals surface area contributed by atoms with Crippen molar-refractivity contribution in [2.75, 3.05) is 18.1 Å². The predicted molar refractivity (Wildman–Crippen MR) is 72.3 cm³/mol. The van der Waals surface area contributed by atoms with Gasteiger partial charge in [-0.3, -0.25) is 4.79 Å². The number of hydrogen-bond donors (Lipinski definition) is 2. The van der Waals surface area contributed by atoms with Crippen LogP contribution in [0.4, 0.5) is 0 Å². The van der Waals surface area contributed by atoms with Crippen molar-refractivity contribution in [1.82, 2.24) is 20.6 Å². The largest absolute Gasteiger partial charge is 0.350 e. The molecule has 2 heterocycles. The van der Waals surface area contributed by atoms with Crippen molar-refractivity contribution in [3.63, 3.8) is 0 Å². The molecule has 2 N–H and O–H groups in total. The van der Waals surface area contributed by atoms with E-state index in [4.69, 9.17) is 0 Å². The van der Waals surface area contributed by atoms with E-state index < -0.39 is 0 Å².